The van der Waals surface area contributed by atoms with Gasteiger partial charge in [0.05, 0.1) is 15.5 Å². The van der Waals surface area contributed by atoms with Gasteiger partial charge in [-0.1, -0.05) is 58.8 Å². The smallest absolute Gasteiger partial charge is 0.258 e. The summed E-state index contributed by atoms with van der Waals surface area (Å²) >= 11 is 7.50. The number of nitrogens with zero attached hydrogens (tertiary/aromatic N) is 3. The van der Waals surface area contributed by atoms with Crippen molar-refractivity contribution in [3.05, 3.63) is 98.6 Å². The summed E-state index contributed by atoms with van der Waals surface area (Å²) in [6.07, 6.45) is 1.73. The number of aliphatic imine (C=N–C) groups is 1. The number of benzene rings is 3. The predicted octanol–water partition coefficient (Wildman–Crippen LogP) is 7.41. The van der Waals surface area contributed by atoms with Crippen molar-refractivity contribution in [1.29, 1.82) is 0 Å². The molecule has 0 radical (unpaired) electrons. The normalized spacial score (nSPS) is 11.2. The average Bonchev–Trinajstić information content (AvgIpc) is 3.16. The number of hydrogen-bond donors (Lipinski definition) is 0. The van der Waals surface area contributed by atoms with E-state index in [4.69, 9.17) is 16.6 Å². The lowest BCUT2D eigenvalue weighted by Gasteiger charge is -2.07. The zero-order valence-electron chi connectivity index (χ0n) is 16.9. The Morgan fingerprint density at radius 3 is 2.52 bits per heavy atom. The van der Waals surface area contributed by atoms with Gasteiger partial charge in [-0.05, 0) is 54.8 Å². The number of nitro benzene ring substituents is 1. The molecule has 0 aliphatic heterocycles. The summed E-state index contributed by atoms with van der Waals surface area (Å²) in [5.74, 6) is 0. The lowest BCUT2D eigenvalue weighted by atomic mass is 10.0. The van der Waals surface area contributed by atoms with Gasteiger partial charge in [-0.3, -0.25) is 10.1 Å². The molecule has 0 spiro atoms. The third-order valence-electron chi connectivity index (χ3n) is 4.77. The molecular formula is C24H18ClN3O2S. The monoisotopic (exact) mass is 447 g/mol. The Kier molecular flexibility index (Phi) is 5.93. The molecule has 0 N–H and O–H groups in total. The lowest BCUT2D eigenvalue weighted by molar-refractivity contribution is -0.384. The molecule has 31 heavy (non-hydrogen) atoms. The quantitative estimate of drug-likeness (QED) is 0.182. The number of rotatable bonds is 5. The molecule has 7 heteroatoms. The van der Waals surface area contributed by atoms with Crippen molar-refractivity contribution in [2.24, 2.45) is 4.99 Å². The fourth-order valence-electron chi connectivity index (χ4n) is 3.27. The molecule has 0 aliphatic rings. The molecule has 4 aromatic rings. The summed E-state index contributed by atoms with van der Waals surface area (Å²) in [6.45, 7) is 4.10. The molecule has 0 unspecified atom stereocenters. The number of non-ortho nitro benzene ring substituents is 1. The summed E-state index contributed by atoms with van der Waals surface area (Å²) in [5, 5.41) is 12.3. The Morgan fingerprint density at radius 1 is 1.06 bits per heavy atom. The summed E-state index contributed by atoms with van der Waals surface area (Å²) < 4.78 is 0. The molecule has 0 amide bonds. The van der Waals surface area contributed by atoms with E-state index in [-0.39, 0.29) is 5.69 Å². The molecule has 5 nitrogen and oxygen atoms in total. The van der Waals surface area contributed by atoms with Gasteiger partial charge in [-0.15, -0.1) is 0 Å². The van der Waals surface area contributed by atoms with Gasteiger partial charge in [-0.25, -0.2) is 9.98 Å². The van der Waals surface area contributed by atoms with Crippen LogP contribution in [0.3, 0.4) is 0 Å². The van der Waals surface area contributed by atoms with Gasteiger partial charge in [0.1, 0.15) is 0 Å². The van der Waals surface area contributed by atoms with E-state index in [1.165, 1.54) is 29.0 Å². The van der Waals surface area contributed by atoms with Crippen molar-refractivity contribution < 1.29 is 4.92 Å². The van der Waals surface area contributed by atoms with E-state index in [2.05, 4.69) is 37.0 Å². The number of hydrogen-bond acceptors (Lipinski definition) is 5. The first kappa shape index (κ1) is 20.9. The van der Waals surface area contributed by atoms with E-state index in [1.807, 2.05) is 24.3 Å². The fourth-order valence-corrected chi connectivity index (χ4v) is 4.40. The number of aromatic nitrogens is 1. The first-order valence-corrected chi connectivity index (χ1v) is 10.7. The molecule has 0 saturated heterocycles. The first-order valence-electron chi connectivity index (χ1n) is 9.53. The number of halogens is 1. The van der Waals surface area contributed by atoms with Crippen LogP contribution in [0.5, 0.6) is 0 Å². The van der Waals surface area contributed by atoms with Crippen LogP contribution in [0.2, 0.25) is 5.02 Å². The Hall–Kier alpha value is -3.35. The van der Waals surface area contributed by atoms with Crippen molar-refractivity contribution in [3.63, 3.8) is 0 Å². The maximum absolute atomic E-state index is 11.0. The Labute approximate surface area is 188 Å². The van der Waals surface area contributed by atoms with E-state index >= 15 is 0 Å². The number of thiazole rings is 1. The minimum absolute atomic E-state index is 0.0560. The van der Waals surface area contributed by atoms with Crippen LogP contribution >= 0.6 is 22.9 Å². The van der Waals surface area contributed by atoms with Crippen LogP contribution in [0.15, 0.2) is 71.7 Å². The Balaban J connectivity index is 1.80. The number of aryl methyl sites for hydroxylation is 2. The SMILES string of the molecule is Cc1ccc(-c2nc(N=Cc3cccc(Cl)c3)sc2-c2ccc([N+](=O)[O-])cc2)c(C)c1. The molecule has 0 fully saturated rings. The molecule has 0 aliphatic carbocycles. The fraction of sp³-hybridized carbons (Fsp3) is 0.0833. The van der Waals surface area contributed by atoms with Gasteiger partial charge in [0.2, 0.25) is 5.13 Å². The Morgan fingerprint density at radius 2 is 1.84 bits per heavy atom. The minimum atomic E-state index is -0.401. The van der Waals surface area contributed by atoms with Crippen LogP contribution in [-0.4, -0.2) is 16.1 Å². The maximum Gasteiger partial charge on any atom is 0.269 e. The highest BCUT2D eigenvalue weighted by molar-refractivity contribution is 7.19. The van der Waals surface area contributed by atoms with Gasteiger partial charge in [0, 0.05) is 28.9 Å². The first-order chi connectivity index (χ1) is 14.9. The Bertz CT molecular complexity index is 1300. The highest BCUT2D eigenvalue weighted by Crippen LogP contribution is 2.41. The van der Waals surface area contributed by atoms with Crippen molar-refractivity contribution in [1.82, 2.24) is 4.98 Å². The van der Waals surface area contributed by atoms with E-state index in [1.54, 1.807) is 18.3 Å². The van der Waals surface area contributed by atoms with Crippen molar-refractivity contribution in [2.75, 3.05) is 0 Å². The molecule has 4 rings (SSSR count). The highest BCUT2D eigenvalue weighted by Gasteiger charge is 2.17. The van der Waals surface area contributed by atoms with Crippen molar-refractivity contribution >= 4 is 40.0 Å². The maximum atomic E-state index is 11.0. The predicted molar refractivity (Wildman–Crippen MR) is 128 cm³/mol. The minimum Gasteiger partial charge on any atom is -0.258 e. The van der Waals surface area contributed by atoms with Crippen molar-refractivity contribution in [3.8, 4) is 21.7 Å². The van der Waals surface area contributed by atoms with Gasteiger partial charge in [0.15, 0.2) is 0 Å². The molecule has 3 aromatic carbocycles. The van der Waals surface area contributed by atoms with Gasteiger partial charge >= 0.3 is 0 Å². The second kappa shape index (κ2) is 8.79. The lowest BCUT2D eigenvalue weighted by Crippen LogP contribution is -1.89. The third kappa shape index (κ3) is 4.71. The standard InChI is InChI=1S/C24H18ClN3O2S/c1-15-6-11-21(16(2)12-15)22-23(18-7-9-20(10-8-18)28(29)30)31-24(27-22)26-14-17-4-3-5-19(25)13-17/h3-14H,1-2H3. The van der Waals surface area contributed by atoms with Crippen LogP contribution in [0.1, 0.15) is 16.7 Å². The summed E-state index contributed by atoms with van der Waals surface area (Å²) in [5.41, 5.74) is 5.91. The van der Waals surface area contributed by atoms with E-state index in [0.717, 1.165) is 32.8 Å². The van der Waals surface area contributed by atoms with Gasteiger partial charge in [-0.2, -0.15) is 0 Å². The second-order valence-corrected chi connectivity index (χ2v) is 8.52. The van der Waals surface area contributed by atoms with Gasteiger partial charge in [0.25, 0.3) is 5.69 Å². The molecule has 1 heterocycles. The molecule has 0 bridgehead atoms. The summed E-state index contributed by atoms with van der Waals surface area (Å²) in [6, 6.07) is 20.2. The van der Waals surface area contributed by atoms with Crippen LogP contribution in [0.4, 0.5) is 10.8 Å². The summed E-state index contributed by atoms with van der Waals surface area (Å²) in [4.78, 5) is 20.9. The van der Waals surface area contributed by atoms with E-state index in [9.17, 15) is 10.1 Å². The van der Waals surface area contributed by atoms with E-state index < -0.39 is 4.92 Å². The molecular weight excluding hydrogens is 430 g/mol. The van der Waals surface area contributed by atoms with E-state index in [0.29, 0.717) is 10.2 Å². The molecule has 1 aromatic heterocycles. The van der Waals surface area contributed by atoms with Crippen LogP contribution in [0, 0.1) is 24.0 Å². The molecule has 0 saturated carbocycles. The third-order valence-corrected chi connectivity index (χ3v) is 6.01. The number of nitro groups is 1. The zero-order valence-corrected chi connectivity index (χ0v) is 18.4. The van der Waals surface area contributed by atoms with Crippen LogP contribution in [0.25, 0.3) is 21.7 Å². The van der Waals surface area contributed by atoms with Gasteiger partial charge < -0.3 is 0 Å². The molecule has 0 atom stereocenters. The largest absolute Gasteiger partial charge is 0.269 e. The topological polar surface area (TPSA) is 68.4 Å². The average molecular weight is 448 g/mol. The highest BCUT2D eigenvalue weighted by atomic mass is 35.5. The second-order valence-electron chi connectivity index (χ2n) is 7.11. The van der Waals surface area contributed by atoms with Crippen molar-refractivity contribution in [2.45, 2.75) is 13.8 Å². The van der Waals surface area contributed by atoms with Crippen LogP contribution < -0.4 is 0 Å². The zero-order chi connectivity index (χ0) is 22.0. The summed E-state index contributed by atoms with van der Waals surface area (Å²) in [7, 11) is 0. The van der Waals surface area contributed by atoms with Crippen LogP contribution in [-0.2, 0) is 0 Å². The molecule has 154 valence electrons.